The van der Waals surface area contributed by atoms with Gasteiger partial charge in [0.2, 0.25) is 11.9 Å². The second-order valence-corrected chi connectivity index (χ2v) is 3.96. The summed E-state index contributed by atoms with van der Waals surface area (Å²) < 4.78 is -1.40. The molecule has 0 saturated heterocycles. The first-order valence-electron chi connectivity index (χ1n) is 3.17. The minimum absolute atomic E-state index is 0.0432. The molecular weight excluding hydrogens is 236 g/mol. The molecule has 0 fully saturated rings. The van der Waals surface area contributed by atoms with E-state index in [1.165, 1.54) is 0 Å². The van der Waals surface area contributed by atoms with Crippen LogP contribution in [0.3, 0.4) is 0 Å². The molecule has 0 aliphatic rings. The zero-order chi connectivity index (χ0) is 10.1. The molecule has 0 spiro atoms. The Balaban J connectivity index is 3.15. The lowest BCUT2D eigenvalue weighted by molar-refractivity contribution is 0.838. The van der Waals surface area contributed by atoms with Gasteiger partial charge in [-0.2, -0.15) is 15.0 Å². The topological polar surface area (TPSA) is 90.7 Å². The maximum absolute atomic E-state index is 5.76. The highest BCUT2D eigenvalue weighted by Gasteiger charge is 2.29. The fraction of sp³-hybridized carbons (Fsp3) is 0.400. The minimum atomic E-state index is -1.40. The predicted octanol–water partition coefficient (Wildman–Crippen LogP) is 0.905. The van der Waals surface area contributed by atoms with E-state index < -0.39 is 4.33 Å². The Bertz CT molecular complexity index is 295. The first-order valence-corrected chi connectivity index (χ1v) is 4.46. The Hall–Kier alpha value is -0.520. The number of rotatable bonds is 2. The number of hydrogen-bond acceptors (Lipinski definition) is 5. The summed E-state index contributed by atoms with van der Waals surface area (Å²) in [5.74, 6) is -0.105. The average molecular weight is 242 g/mol. The molecule has 0 unspecified atom stereocenters. The van der Waals surface area contributed by atoms with Crippen LogP contribution < -0.4 is 11.5 Å². The van der Waals surface area contributed by atoms with Crippen molar-refractivity contribution in [3.63, 3.8) is 0 Å². The second-order valence-electron chi connectivity index (χ2n) is 2.21. The van der Waals surface area contributed by atoms with Gasteiger partial charge in [-0.3, -0.25) is 0 Å². The van der Waals surface area contributed by atoms with Gasteiger partial charge in [0.05, 0.1) is 5.88 Å². The Morgan fingerprint density at radius 3 is 1.92 bits per heavy atom. The molecule has 0 atom stereocenters. The van der Waals surface area contributed by atoms with Crippen molar-refractivity contribution in [2.75, 3.05) is 17.3 Å². The van der Waals surface area contributed by atoms with Gasteiger partial charge < -0.3 is 11.5 Å². The maximum Gasteiger partial charge on any atom is 0.225 e. The molecule has 1 heterocycles. The van der Waals surface area contributed by atoms with Gasteiger partial charge in [0.1, 0.15) is 0 Å². The summed E-state index contributed by atoms with van der Waals surface area (Å²) in [6.07, 6.45) is 0. The van der Waals surface area contributed by atoms with Crippen molar-refractivity contribution in [1.82, 2.24) is 15.0 Å². The minimum Gasteiger partial charge on any atom is -0.368 e. The van der Waals surface area contributed by atoms with Gasteiger partial charge in [-0.1, -0.05) is 23.2 Å². The Morgan fingerprint density at radius 1 is 1.08 bits per heavy atom. The van der Waals surface area contributed by atoms with E-state index in [9.17, 15) is 0 Å². The van der Waals surface area contributed by atoms with Crippen molar-refractivity contribution >= 4 is 46.7 Å². The van der Waals surface area contributed by atoms with Crippen molar-refractivity contribution in [3.05, 3.63) is 5.82 Å². The quantitative estimate of drug-likeness (QED) is 0.752. The molecule has 8 heteroatoms. The molecule has 13 heavy (non-hydrogen) atoms. The molecule has 0 aromatic carbocycles. The lowest BCUT2D eigenvalue weighted by Crippen LogP contribution is -2.19. The van der Waals surface area contributed by atoms with Crippen molar-refractivity contribution in [3.8, 4) is 0 Å². The van der Waals surface area contributed by atoms with Crippen molar-refractivity contribution in [2.24, 2.45) is 0 Å². The number of alkyl halides is 3. The normalized spacial score (nSPS) is 11.6. The summed E-state index contributed by atoms with van der Waals surface area (Å²) >= 11 is 17.0. The zero-order valence-electron chi connectivity index (χ0n) is 6.34. The van der Waals surface area contributed by atoms with Crippen LogP contribution in [0.5, 0.6) is 0 Å². The summed E-state index contributed by atoms with van der Waals surface area (Å²) in [7, 11) is 0. The average Bonchev–Trinajstić information content (AvgIpc) is 2.02. The van der Waals surface area contributed by atoms with Crippen LogP contribution in [0, 0.1) is 0 Å². The fourth-order valence-electron chi connectivity index (χ4n) is 0.633. The molecule has 0 saturated carbocycles. The largest absolute Gasteiger partial charge is 0.368 e. The summed E-state index contributed by atoms with van der Waals surface area (Å²) in [6.45, 7) is 0. The molecule has 1 aromatic heterocycles. The van der Waals surface area contributed by atoms with Gasteiger partial charge in [0, 0.05) is 0 Å². The van der Waals surface area contributed by atoms with Crippen LogP contribution in [0.15, 0.2) is 0 Å². The fourth-order valence-corrected chi connectivity index (χ4v) is 0.921. The monoisotopic (exact) mass is 241 g/mol. The van der Waals surface area contributed by atoms with Crippen LogP contribution in [-0.4, -0.2) is 20.8 Å². The van der Waals surface area contributed by atoms with Crippen LogP contribution >= 0.6 is 34.8 Å². The van der Waals surface area contributed by atoms with Gasteiger partial charge in [-0.05, 0) is 0 Å². The predicted molar refractivity (Wildman–Crippen MR) is 52.8 cm³/mol. The van der Waals surface area contributed by atoms with E-state index in [-0.39, 0.29) is 23.6 Å². The van der Waals surface area contributed by atoms with E-state index in [2.05, 4.69) is 15.0 Å². The maximum atomic E-state index is 5.76. The van der Waals surface area contributed by atoms with Crippen LogP contribution in [0.2, 0.25) is 0 Å². The number of halogens is 3. The van der Waals surface area contributed by atoms with Gasteiger partial charge in [-0.25, -0.2) is 0 Å². The SMILES string of the molecule is Nc1nc(N)nc(C(Cl)(Cl)CCl)n1. The number of aromatic nitrogens is 3. The summed E-state index contributed by atoms with van der Waals surface area (Å²) in [4.78, 5) is 11.0. The third kappa shape index (κ3) is 2.46. The van der Waals surface area contributed by atoms with E-state index in [1.807, 2.05) is 0 Å². The van der Waals surface area contributed by atoms with Crippen molar-refractivity contribution in [1.29, 1.82) is 0 Å². The molecule has 72 valence electrons. The van der Waals surface area contributed by atoms with Gasteiger partial charge in [0.15, 0.2) is 10.2 Å². The molecule has 1 aromatic rings. The zero-order valence-corrected chi connectivity index (χ0v) is 8.61. The highest BCUT2D eigenvalue weighted by molar-refractivity contribution is 6.50. The number of nitrogens with two attached hydrogens (primary N) is 2. The molecule has 1 rings (SSSR count). The van der Waals surface area contributed by atoms with Gasteiger partial charge in [-0.15, -0.1) is 11.6 Å². The van der Waals surface area contributed by atoms with Crippen LogP contribution in [0.1, 0.15) is 5.82 Å². The number of hydrogen-bond donors (Lipinski definition) is 2. The third-order valence-electron chi connectivity index (χ3n) is 1.16. The summed E-state index contributed by atoms with van der Waals surface area (Å²) in [5.41, 5.74) is 10.6. The third-order valence-corrected chi connectivity index (χ3v) is 2.44. The second kappa shape index (κ2) is 3.69. The lowest BCUT2D eigenvalue weighted by atomic mass is 10.4. The molecule has 0 radical (unpaired) electrons. The first kappa shape index (κ1) is 10.6. The first-order chi connectivity index (χ1) is 5.95. The Morgan fingerprint density at radius 2 is 1.54 bits per heavy atom. The van der Waals surface area contributed by atoms with E-state index >= 15 is 0 Å². The summed E-state index contributed by atoms with van der Waals surface area (Å²) in [6, 6.07) is 0. The Labute approximate surface area is 89.4 Å². The highest BCUT2D eigenvalue weighted by Crippen LogP contribution is 2.32. The number of anilines is 2. The molecule has 0 amide bonds. The highest BCUT2D eigenvalue weighted by atomic mass is 35.5. The molecule has 5 nitrogen and oxygen atoms in total. The molecular formula is C5H6Cl3N5. The number of nitrogens with zero attached hydrogens (tertiary/aromatic N) is 3. The van der Waals surface area contributed by atoms with Crippen LogP contribution in [0.4, 0.5) is 11.9 Å². The number of nitrogen functional groups attached to an aromatic ring is 2. The lowest BCUT2D eigenvalue weighted by Gasteiger charge is -2.13. The van der Waals surface area contributed by atoms with Crippen molar-refractivity contribution in [2.45, 2.75) is 4.33 Å². The van der Waals surface area contributed by atoms with E-state index in [0.29, 0.717) is 0 Å². The van der Waals surface area contributed by atoms with Crippen molar-refractivity contribution < 1.29 is 0 Å². The van der Waals surface area contributed by atoms with Gasteiger partial charge >= 0.3 is 0 Å². The smallest absolute Gasteiger partial charge is 0.225 e. The molecule has 0 aliphatic carbocycles. The summed E-state index contributed by atoms with van der Waals surface area (Å²) in [5, 5.41) is 0. The van der Waals surface area contributed by atoms with Crippen LogP contribution in [-0.2, 0) is 4.33 Å². The molecule has 4 N–H and O–H groups in total. The van der Waals surface area contributed by atoms with E-state index in [0.717, 1.165) is 0 Å². The van der Waals surface area contributed by atoms with E-state index in [4.69, 9.17) is 46.3 Å². The molecule has 0 aliphatic heterocycles. The van der Waals surface area contributed by atoms with Gasteiger partial charge in [0.25, 0.3) is 0 Å². The Kier molecular flexibility index (Phi) is 3.00. The standard InChI is InChI=1S/C5H6Cl3N5/c6-1-5(7,8)2-11-3(9)13-4(10)12-2/h1H2,(H4,9,10,11,12,13). The molecule has 0 bridgehead atoms. The van der Waals surface area contributed by atoms with Crippen LogP contribution in [0.25, 0.3) is 0 Å². The van der Waals surface area contributed by atoms with E-state index in [1.54, 1.807) is 0 Å².